The maximum atomic E-state index is 8.73. The van der Waals surface area contributed by atoms with Crippen LogP contribution in [0.1, 0.15) is 5.56 Å². The van der Waals surface area contributed by atoms with Crippen LogP contribution in [-0.4, -0.2) is 12.5 Å². The average molecular weight is 242 g/mol. The Morgan fingerprint density at radius 1 is 1.29 bits per heavy atom. The third-order valence-electron chi connectivity index (χ3n) is 1.94. The van der Waals surface area contributed by atoms with Crippen LogP contribution in [0.25, 0.3) is 0 Å². The molecule has 0 aliphatic carbocycles. The molecule has 0 radical (unpaired) electrons. The van der Waals surface area contributed by atoms with Crippen molar-refractivity contribution >= 4 is 18.0 Å². The van der Waals surface area contributed by atoms with Crippen molar-refractivity contribution in [2.45, 2.75) is 4.90 Å². The first-order chi connectivity index (χ1) is 8.21. The lowest BCUT2D eigenvalue weighted by atomic mass is 10.2. The van der Waals surface area contributed by atoms with Crippen molar-refractivity contribution in [2.24, 2.45) is 10.7 Å². The van der Waals surface area contributed by atoms with Gasteiger partial charge in [-0.1, -0.05) is 12.1 Å². The summed E-state index contributed by atoms with van der Waals surface area (Å²) < 4.78 is 0. The SMILES string of the molecule is CSc1ccc(C=N/C(C#N)=C(/N)C#N)cc1. The first-order valence-corrected chi connectivity index (χ1v) is 5.91. The van der Waals surface area contributed by atoms with E-state index in [1.54, 1.807) is 23.9 Å². The Bertz CT molecular complexity index is 529. The first-order valence-electron chi connectivity index (χ1n) is 4.69. The molecule has 0 aliphatic rings. The molecule has 0 aliphatic heterocycles. The van der Waals surface area contributed by atoms with Gasteiger partial charge in [0.2, 0.25) is 0 Å². The summed E-state index contributed by atoms with van der Waals surface area (Å²) in [5.41, 5.74) is 5.92. The van der Waals surface area contributed by atoms with Gasteiger partial charge < -0.3 is 5.73 Å². The molecule has 5 heteroatoms. The molecule has 0 saturated carbocycles. The largest absolute Gasteiger partial charge is 0.388 e. The van der Waals surface area contributed by atoms with E-state index in [-0.39, 0.29) is 11.4 Å². The molecule has 1 aromatic rings. The molecular formula is C12H10N4S. The van der Waals surface area contributed by atoms with Crippen LogP contribution in [0.3, 0.4) is 0 Å². The summed E-state index contributed by atoms with van der Waals surface area (Å²) in [4.78, 5) is 5.03. The topological polar surface area (TPSA) is 86.0 Å². The fourth-order valence-electron chi connectivity index (χ4n) is 1.04. The van der Waals surface area contributed by atoms with Crippen LogP contribution in [0.15, 0.2) is 45.5 Å². The summed E-state index contributed by atoms with van der Waals surface area (Å²) >= 11 is 1.65. The van der Waals surface area contributed by atoms with Crippen LogP contribution in [0.2, 0.25) is 0 Å². The van der Waals surface area contributed by atoms with E-state index < -0.39 is 0 Å². The second kappa shape index (κ2) is 6.37. The normalized spacial score (nSPS) is 11.7. The molecule has 0 unspecified atom stereocenters. The van der Waals surface area contributed by atoms with E-state index in [1.165, 1.54) is 6.21 Å². The number of benzene rings is 1. The summed E-state index contributed by atoms with van der Waals surface area (Å²) in [5.74, 6) is 0. The van der Waals surface area contributed by atoms with Crippen molar-refractivity contribution in [3.8, 4) is 12.1 Å². The van der Waals surface area contributed by atoms with Crippen LogP contribution in [0.4, 0.5) is 0 Å². The minimum atomic E-state index is -0.176. The van der Waals surface area contributed by atoms with E-state index in [2.05, 4.69) is 4.99 Å². The van der Waals surface area contributed by atoms with E-state index in [1.807, 2.05) is 30.5 Å². The van der Waals surface area contributed by atoms with Crippen LogP contribution < -0.4 is 5.73 Å². The Balaban J connectivity index is 2.91. The van der Waals surface area contributed by atoms with Crippen molar-refractivity contribution < 1.29 is 0 Å². The zero-order chi connectivity index (χ0) is 12.7. The number of rotatable bonds is 3. The van der Waals surface area contributed by atoms with E-state index in [9.17, 15) is 0 Å². The second-order valence-corrected chi connectivity index (χ2v) is 3.90. The number of nitrogens with zero attached hydrogens (tertiary/aromatic N) is 3. The summed E-state index contributed by atoms with van der Waals surface area (Å²) in [6, 6.07) is 11.1. The number of allylic oxidation sites excluding steroid dienone is 2. The van der Waals surface area contributed by atoms with Gasteiger partial charge in [-0.15, -0.1) is 11.8 Å². The predicted octanol–water partition coefficient (Wildman–Crippen LogP) is 2.04. The molecule has 0 bridgehead atoms. The molecule has 84 valence electrons. The summed E-state index contributed by atoms with van der Waals surface area (Å²) in [6.07, 6.45) is 3.50. The standard InChI is InChI=1S/C12H10N4S/c1-17-10-4-2-9(3-5-10)8-16-12(7-14)11(15)6-13/h2-5,8H,15H2,1H3/b12-11+,16-8?. The Morgan fingerprint density at radius 2 is 1.94 bits per heavy atom. The number of hydrogen-bond donors (Lipinski definition) is 1. The monoisotopic (exact) mass is 242 g/mol. The number of nitriles is 2. The highest BCUT2D eigenvalue weighted by Gasteiger charge is 1.98. The van der Waals surface area contributed by atoms with Crippen molar-refractivity contribution in [3.63, 3.8) is 0 Å². The highest BCUT2D eigenvalue weighted by Crippen LogP contribution is 2.14. The van der Waals surface area contributed by atoms with Gasteiger partial charge in [-0.3, -0.25) is 0 Å². The maximum absolute atomic E-state index is 8.73. The Morgan fingerprint density at radius 3 is 2.41 bits per heavy atom. The Kier molecular flexibility index (Phi) is 4.80. The van der Waals surface area contributed by atoms with Gasteiger partial charge in [-0.05, 0) is 24.0 Å². The number of nitrogens with two attached hydrogens (primary N) is 1. The van der Waals surface area contributed by atoms with Crippen molar-refractivity contribution in [2.75, 3.05) is 6.26 Å². The quantitative estimate of drug-likeness (QED) is 0.499. The highest BCUT2D eigenvalue weighted by atomic mass is 32.2. The van der Waals surface area contributed by atoms with Gasteiger partial charge in [0.1, 0.15) is 17.8 Å². The summed E-state index contributed by atoms with van der Waals surface area (Å²) in [7, 11) is 0. The second-order valence-electron chi connectivity index (χ2n) is 3.02. The van der Waals surface area contributed by atoms with Gasteiger partial charge in [-0.2, -0.15) is 10.5 Å². The minimum Gasteiger partial charge on any atom is -0.388 e. The molecule has 17 heavy (non-hydrogen) atoms. The number of aliphatic imine (C=N–C) groups is 1. The molecule has 0 spiro atoms. The van der Waals surface area contributed by atoms with E-state index in [0.717, 1.165) is 10.5 Å². The number of hydrogen-bond acceptors (Lipinski definition) is 5. The smallest absolute Gasteiger partial charge is 0.174 e. The third-order valence-corrected chi connectivity index (χ3v) is 2.68. The van der Waals surface area contributed by atoms with E-state index in [4.69, 9.17) is 16.3 Å². The van der Waals surface area contributed by atoms with Crippen molar-refractivity contribution in [3.05, 3.63) is 41.2 Å². The van der Waals surface area contributed by atoms with E-state index >= 15 is 0 Å². The van der Waals surface area contributed by atoms with E-state index in [0.29, 0.717) is 0 Å². The lowest BCUT2D eigenvalue weighted by Gasteiger charge is -1.96. The van der Waals surface area contributed by atoms with Gasteiger partial charge in [0, 0.05) is 11.1 Å². The molecule has 2 N–H and O–H groups in total. The Labute approximate surface area is 104 Å². The molecule has 0 amide bonds. The Hall–Kier alpha value is -2.24. The molecular weight excluding hydrogens is 232 g/mol. The molecule has 0 aromatic heterocycles. The molecule has 1 rings (SSSR count). The fraction of sp³-hybridized carbons (Fsp3) is 0.0833. The minimum absolute atomic E-state index is 0.0681. The van der Waals surface area contributed by atoms with Crippen molar-refractivity contribution in [1.29, 1.82) is 10.5 Å². The van der Waals surface area contributed by atoms with Gasteiger partial charge in [-0.25, -0.2) is 4.99 Å². The molecule has 0 atom stereocenters. The first kappa shape index (κ1) is 12.8. The molecule has 0 saturated heterocycles. The zero-order valence-electron chi connectivity index (χ0n) is 9.21. The van der Waals surface area contributed by atoms with Crippen molar-refractivity contribution in [1.82, 2.24) is 0 Å². The predicted molar refractivity (Wildman–Crippen MR) is 68.3 cm³/mol. The summed E-state index contributed by atoms with van der Waals surface area (Å²) in [5, 5.41) is 17.3. The van der Waals surface area contributed by atoms with Gasteiger partial charge in [0.25, 0.3) is 0 Å². The van der Waals surface area contributed by atoms with Crippen LogP contribution >= 0.6 is 11.8 Å². The number of thioether (sulfide) groups is 1. The average Bonchev–Trinajstić information content (AvgIpc) is 2.39. The molecule has 4 nitrogen and oxygen atoms in total. The van der Waals surface area contributed by atoms with Gasteiger partial charge in [0.15, 0.2) is 5.70 Å². The molecule has 0 heterocycles. The third kappa shape index (κ3) is 3.67. The molecule has 1 aromatic carbocycles. The van der Waals surface area contributed by atoms with Crippen LogP contribution in [-0.2, 0) is 0 Å². The van der Waals surface area contributed by atoms with Gasteiger partial charge in [0.05, 0.1) is 0 Å². The molecule has 0 fully saturated rings. The highest BCUT2D eigenvalue weighted by molar-refractivity contribution is 7.98. The van der Waals surface area contributed by atoms with Crippen LogP contribution in [0, 0.1) is 22.7 Å². The van der Waals surface area contributed by atoms with Gasteiger partial charge >= 0.3 is 0 Å². The summed E-state index contributed by atoms with van der Waals surface area (Å²) in [6.45, 7) is 0. The maximum Gasteiger partial charge on any atom is 0.174 e. The van der Waals surface area contributed by atoms with Crippen LogP contribution in [0.5, 0.6) is 0 Å². The zero-order valence-corrected chi connectivity index (χ0v) is 10.0. The fourth-order valence-corrected chi connectivity index (χ4v) is 1.45. The lowest BCUT2D eigenvalue weighted by molar-refractivity contribution is 1.27. The lowest BCUT2D eigenvalue weighted by Crippen LogP contribution is -1.97.